The van der Waals surface area contributed by atoms with Crippen LogP contribution in [0, 0.1) is 6.92 Å². The van der Waals surface area contributed by atoms with Crippen molar-refractivity contribution < 1.29 is 0 Å². The zero-order chi connectivity index (χ0) is 13.1. The molecule has 0 aliphatic carbocycles. The average Bonchev–Trinajstić information content (AvgIpc) is 2.32. The number of aromatic nitrogens is 3. The molecule has 1 aromatic carbocycles. The fourth-order valence-corrected chi connectivity index (χ4v) is 1.64. The van der Waals surface area contributed by atoms with E-state index in [4.69, 9.17) is 11.6 Å². The lowest BCUT2D eigenvalue weighted by molar-refractivity contribution is 0.859. The van der Waals surface area contributed by atoms with Crippen molar-refractivity contribution in [1.29, 1.82) is 0 Å². The van der Waals surface area contributed by atoms with E-state index in [-0.39, 0.29) is 0 Å². The highest BCUT2D eigenvalue weighted by molar-refractivity contribution is 6.30. The molecule has 0 amide bonds. The maximum atomic E-state index is 5.86. The lowest BCUT2D eigenvalue weighted by Gasteiger charge is -2.11. The Morgan fingerprint density at radius 3 is 2.39 bits per heavy atom. The third-order valence-corrected chi connectivity index (χ3v) is 2.63. The Morgan fingerprint density at radius 2 is 1.78 bits per heavy atom. The van der Waals surface area contributed by atoms with Crippen molar-refractivity contribution in [1.82, 2.24) is 15.2 Å². The van der Waals surface area contributed by atoms with E-state index in [1.165, 1.54) is 0 Å². The minimum Gasteiger partial charge on any atom is -0.366 e. The Bertz CT molecular complexity index is 537. The number of halogens is 1. The van der Waals surface area contributed by atoms with Gasteiger partial charge in [-0.2, -0.15) is 0 Å². The maximum Gasteiger partial charge on any atom is 0.183 e. The summed E-state index contributed by atoms with van der Waals surface area (Å²) in [7, 11) is 0. The van der Waals surface area contributed by atoms with Crippen LogP contribution in [0.5, 0.6) is 0 Å². The first-order valence-electron chi connectivity index (χ1n) is 5.80. The molecule has 18 heavy (non-hydrogen) atoms. The van der Waals surface area contributed by atoms with Gasteiger partial charge in [0.25, 0.3) is 0 Å². The van der Waals surface area contributed by atoms with E-state index in [1.807, 2.05) is 31.2 Å². The quantitative estimate of drug-likeness (QED) is 0.922. The molecule has 1 heterocycles. The number of anilines is 1. The van der Waals surface area contributed by atoms with Gasteiger partial charge >= 0.3 is 0 Å². The van der Waals surface area contributed by atoms with Gasteiger partial charge in [-0.1, -0.05) is 11.6 Å². The number of hydrogen-bond donors (Lipinski definition) is 1. The summed E-state index contributed by atoms with van der Waals surface area (Å²) >= 11 is 5.86. The van der Waals surface area contributed by atoms with Crippen molar-refractivity contribution in [3.8, 4) is 11.4 Å². The minimum atomic E-state index is 0.304. The first kappa shape index (κ1) is 12.8. The molecule has 1 N–H and O–H groups in total. The molecule has 0 bridgehead atoms. The van der Waals surface area contributed by atoms with Gasteiger partial charge in [0.05, 0.1) is 0 Å². The van der Waals surface area contributed by atoms with Gasteiger partial charge in [-0.25, -0.2) is 4.98 Å². The zero-order valence-electron chi connectivity index (χ0n) is 10.6. The van der Waals surface area contributed by atoms with Gasteiger partial charge in [0.1, 0.15) is 5.69 Å². The molecule has 0 spiro atoms. The Morgan fingerprint density at radius 1 is 1.11 bits per heavy atom. The SMILES string of the molecule is Cc1nnc(-c2ccc(Cl)cc2)nc1NC(C)C. The third-order valence-electron chi connectivity index (χ3n) is 2.38. The first-order valence-corrected chi connectivity index (χ1v) is 6.18. The van der Waals surface area contributed by atoms with Crippen molar-refractivity contribution in [2.24, 2.45) is 0 Å². The number of aryl methyl sites for hydroxylation is 1. The third kappa shape index (κ3) is 2.96. The van der Waals surface area contributed by atoms with Gasteiger partial charge in [0.15, 0.2) is 11.6 Å². The summed E-state index contributed by atoms with van der Waals surface area (Å²) in [6.07, 6.45) is 0. The van der Waals surface area contributed by atoms with Crippen LogP contribution in [-0.4, -0.2) is 21.2 Å². The Hall–Kier alpha value is -1.68. The number of rotatable bonds is 3. The number of benzene rings is 1. The Balaban J connectivity index is 2.37. The second-order valence-electron chi connectivity index (χ2n) is 4.38. The van der Waals surface area contributed by atoms with E-state index in [1.54, 1.807) is 0 Å². The molecule has 0 unspecified atom stereocenters. The lowest BCUT2D eigenvalue weighted by atomic mass is 10.2. The molecule has 1 aromatic heterocycles. The normalized spacial score (nSPS) is 10.7. The maximum absolute atomic E-state index is 5.86. The minimum absolute atomic E-state index is 0.304. The van der Waals surface area contributed by atoms with E-state index in [2.05, 4.69) is 34.3 Å². The van der Waals surface area contributed by atoms with Gasteiger partial charge in [-0.15, -0.1) is 10.2 Å². The lowest BCUT2D eigenvalue weighted by Crippen LogP contribution is -2.14. The van der Waals surface area contributed by atoms with E-state index in [9.17, 15) is 0 Å². The van der Waals surface area contributed by atoms with Crippen molar-refractivity contribution in [2.75, 3.05) is 5.32 Å². The fourth-order valence-electron chi connectivity index (χ4n) is 1.51. The molecule has 0 fully saturated rings. The van der Waals surface area contributed by atoms with Crippen LogP contribution in [0.2, 0.25) is 5.02 Å². The fraction of sp³-hybridized carbons (Fsp3) is 0.308. The van der Waals surface area contributed by atoms with Crippen LogP contribution < -0.4 is 5.32 Å². The van der Waals surface area contributed by atoms with Gasteiger partial charge in [0.2, 0.25) is 0 Å². The summed E-state index contributed by atoms with van der Waals surface area (Å²) in [4.78, 5) is 4.48. The highest BCUT2D eigenvalue weighted by atomic mass is 35.5. The molecule has 2 aromatic rings. The monoisotopic (exact) mass is 262 g/mol. The largest absolute Gasteiger partial charge is 0.366 e. The van der Waals surface area contributed by atoms with E-state index >= 15 is 0 Å². The van der Waals surface area contributed by atoms with Crippen LogP contribution in [0.4, 0.5) is 5.82 Å². The first-order chi connectivity index (χ1) is 8.56. The number of nitrogens with zero attached hydrogens (tertiary/aromatic N) is 3. The zero-order valence-corrected chi connectivity index (χ0v) is 11.4. The number of hydrogen-bond acceptors (Lipinski definition) is 4. The molecular weight excluding hydrogens is 248 g/mol. The smallest absolute Gasteiger partial charge is 0.183 e. The van der Waals surface area contributed by atoms with E-state index in [0.717, 1.165) is 17.1 Å². The van der Waals surface area contributed by atoms with Crippen molar-refractivity contribution in [3.63, 3.8) is 0 Å². The number of nitrogens with one attached hydrogen (secondary N) is 1. The molecule has 0 radical (unpaired) electrons. The van der Waals surface area contributed by atoms with Crippen molar-refractivity contribution >= 4 is 17.4 Å². The molecule has 0 saturated carbocycles. The van der Waals surface area contributed by atoms with E-state index in [0.29, 0.717) is 16.9 Å². The second kappa shape index (κ2) is 5.31. The molecule has 94 valence electrons. The standard InChI is InChI=1S/C13H15ClN4/c1-8(2)15-12-9(3)17-18-13(16-12)10-4-6-11(14)7-5-10/h4-8H,1-3H3,(H,15,16,18). The van der Waals surface area contributed by atoms with Crippen LogP contribution in [-0.2, 0) is 0 Å². The topological polar surface area (TPSA) is 50.7 Å². The van der Waals surface area contributed by atoms with Crippen molar-refractivity contribution in [3.05, 3.63) is 35.0 Å². The van der Waals surface area contributed by atoms with Crippen LogP contribution in [0.1, 0.15) is 19.5 Å². The van der Waals surface area contributed by atoms with E-state index < -0.39 is 0 Å². The highest BCUT2D eigenvalue weighted by Crippen LogP contribution is 2.19. The Labute approximate surface area is 111 Å². The molecule has 5 heteroatoms. The molecule has 0 aliphatic rings. The Kier molecular flexibility index (Phi) is 3.77. The van der Waals surface area contributed by atoms with Crippen LogP contribution in [0.25, 0.3) is 11.4 Å². The molecular formula is C13H15ClN4. The second-order valence-corrected chi connectivity index (χ2v) is 4.81. The summed E-state index contributed by atoms with van der Waals surface area (Å²) in [5, 5.41) is 12.2. The predicted octanol–water partition coefficient (Wildman–Crippen LogP) is 3.32. The van der Waals surface area contributed by atoms with Gasteiger partial charge in [-0.05, 0) is 45.0 Å². The van der Waals surface area contributed by atoms with Gasteiger partial charge in [-0.3, -0.25) is 0 Å². The van der Waals surface area contributed by atoms with Gasteiger partial charge in [0, 0.05) is 16.6 Å². The summed E-state index contributed by atoms with van der Waals surface area (Å²) in [6.45, 7) is 6.00. The highest BCUT2D eigenvalue weighted by Gasteiger charge is 2.08. The average molecular weight is 263 g/mol. The van der Waals surface area contributed by atoms with Crippen molar-refractivity contribution in [2.45, 2.75) is 26.8 Å². The molecule has 4 nitrogen and oxygen atoms in total. The summed E-state index contributed by atoms with van der Waals surface area (Å²) in [5.74, 6) is 1.37. The summed E-state index contributed by atoms with van der Waals surface area (Å²) < 4.78 is 0. The van der Waals surface area contributed by atoms with Gasteiger partial charge < -0.3 is 5.32 Å². The summed E-state index contributed by atoms with van der Waals surface area (Å²) in [5.41, 5.74) is 1.69. The van der Waals surface area contributed by atoms with Crippen LogP contribution in [0.3, 0.4) is 0 Å². The van der Waals surface area contributed by atoms with Crippen LogP contribution >= 0.6 is 11.6 Å². The molecule has 2 rings (SSSR count). The summed E-state index contributed by atoms with van der Waals surface area (Å²) in [6, 6.07) is 7.70. The van der Waals surface area contributed by atoms with Crippen LogP contribution in [0.15, 0.2) is 24.3 Å². The molecule has 0 atom stereocenters. The predicted molar refractivity (Wildman–Crippen MR) is 73.8 cm³/mol. The molecule has 0 saturated heterocycles. The molecule has 0 aliphatic heterocycles.